The minimum absolute atomic E-state index is 0.193. The van der Waals surface area contributed by atoms with Crippen LogP contribution in [0.25, 0.3) is 0 Å². The minimum Gasteiger partial charge on any atom is -0.368 e. The molecular weight excluding hydrogens is 302 g/mol. The van der Waals surface area contributed by atoms with Gasteiger partial charge in [-0.3, -0.25) is 14.9 Å². The van der Waals surface area contributed by atoms with E-state index in [1.165, 1.54) is 0 Å². The van der Waals surface area contributed by atoms with Gasteiger partial charge in [0.15, 0.2) is 0 Å². The third-order valence-corrected chi connectivity index (χ3v) is 4.76. The maximum Gasteiger partial charge on any atom is 0.234 e. The number of rotatable bonds is 2. The molecule has 1 N–H and O–H groups in total. The Morgan fingerprint density at radius 2 is 1.91 bits per heavy atom. The molecule has 1 unspecified atom stereocenters. The van der Waals surface area contributed by atoms with E-state index in [4.69, 9.17) is 11.6 Å². The summed E-state index contributed by atoms with van der Waals surface area (Å²) in [5.74, 6) is -0.696. The van der Waals surface area contributed by atoms with Gasteiger partial charge in [-0.2, -0.15) is 0 Å². The number of hydrogen-bond acceptors (Lipinski definition) is 4. The molecule has 2 aliphatic heterocycles. The molecule has 22 heavy (non-hydrogen) atoms. The lowest BCUT2D eigenvalue weighted by molar-refractivity contribution is -0.134. The Bertz CT molecular complexity index is 597. The van der Waals surface area contributed by atoms with E-state index in [9.17, 15) is 9.59 Å². The quantitative estimate of drug-likeness (QED) is 0.841. The first kappa shape index (κ1) is 15.3. The van der Waals surface area contributed by atoms with E-state index in [2.05, 4.69) is 22.2 Å². The normalized spacial score (nSPS) is 23.5. The number of nitrogens with zero attached hydrogens (tertiary/aromatic N) is 2. The van der Waals surface area contributed by atoms with Gasteiger partial charge in [0.2, 0.25) is 11.8 Å². The number of amides is 2. The minimum atomic E-state index is -0.281. The molecule has 0 saturated carbocycles. The molecule has 2 amide bonds. The molecule has 0 aliphatic carbocycles. The molecule has 6 heteroatoms. The molecule has 118 valence electrons. The number of likely N-dealkylation sites (N-methyl/N-ethyl adjacent to an activating group) is 1. The molecule has 1 aromatic carbocycles. The molecule has 2 aliphatic rings. The van der Waals surface area contributed by atoms with Crippen LogP contribution >= 0.6 is 11.6 Å². The monoisotopic (exact) mass is 321 g/mol. The van der Waals surface area contributed by atoms with Crippen molar-refractivity contribution in [1.82, 2.24) is 10.2 Å². The summed E-state index contributed by atoms with van der Waals surface area (Å²) in [6.45, 7) is 3.94. The van der Waals surface area contributed by atoms with E-state index in [-0.39, 0.29) is 17.7 Å². The van der Waals surface area contributed by atoms with Gasteiger partial charge in [0.1, 0.15) is 0 Å². The van der Waals surface area contributed by atoms with Crippen LogP contribution in [-0.2, 0) is 9.59 Å². The molecule has 3 rings (SSSR count). The van der Waals surface area contributed by atoms with Crippen LogP contribution in [0.1, 0.15) is 24.3 Å². The maximum absolute atomic E-state index is 11.9. The fourth-order valence-electron chi connectivity index (χ4n) is 3.06. The number of nitrogens with one attached hydrogen (secondary N) is 1. The fourth-order valence-corrected chi connectivity index (χ4v) is 3.36. The third kappa shape index (κ3) is 3.10. The van der Waals surface area contributed by atoms with Gasteiger partial charge in [-0.25, -0.2) is 0 Å². The smallest absolute Gasteiger partial charge is 0.234 e. The van der Waals surface area contributed by atoms with Crippen molar-refractivity contribution in [3.8, 4) is 0 Å². The van der Waals surface area contributed by atoms with Gasteiger partial charge < -0.3 is 9.80 Å². The van der Waals surface area contributed by atoms with Crippen molar-refractivity contribution in [2.24, 2.45) is 0 Å². The van der Waals surface area contributed by atoms with Crippen molar-refractivity contribution in [3.63, 3.8) is 0 Å². The molecule has 0 bridgehead atoms. The summed E-state index contributed by atoms with van der Waals surface area (Å²) in [4.78, 5) is 27.8. The summed E-state index contributed by atoms with van der Waals surface area (Å²) in [6.07, 6.45) is 0.934. The number of hydrogen-bond donors (Lipinski definition) is 1. The molecule has 2 heterocycles. The highest BCUT2D eigenvalue weighted by Crippen LogP contribution is 2.32. The Morgan fingerprint density at radius 3 is 2.55 bits per heavy atom. The van der Waals surface area contributed by atoms with Gasteiger partial charge in [-0.15, -0.1) is 0 Å². The zero-order valence-corrected chi connectivity index (χ0v) is 13.4. The number of piperidine rings is 1. The van der Waals surface area contributed by atoms with Crippen LogP contribution in [0.2, 0.25) is 5.02 Å². The molecule has 0 aromatic heterocycles. The Morgan fingerprint density at radius 1 is 1.18 bits per heavy atom. The van der Waals surface area contributed by atoms with Crippen LogP contribution < -0.4 is 10.2 Å². The van der Waals surface area contributed by atoms with E-state index in [1.807, 2.05) is 18.2 Å². The number of piperazine rings is 1. The van der Waals surface area contributed by atoms with Crippen LogP contribution in [0.4, 0.5) is 5.69 Å². The van der Waals surface area contributed by atoms with E-state index in [1.54, 1.807) is 0 Å². The molecule has 1 atom stereocenters. The van der Waals surface area contributed by atoms with E-state index in [0.717, 1.165) is 37.4 Å². The van der Waals surface area contributed by atoms with Gasteiger partial charge in [-0.1, -0.05) is 17.7 Å². The molecule has 0 spiro atoms. The average Bonchev–Trinajstić information content (AvgIpc) is 2.48. The summed E-state index contributed by atoms with van der Waals surface area (Å²) in [7, 11) is 2.12. The number of anilines is 1. The number of benzene rings is 1. The van der Waals surface area contributed by atoms with Crippen LogP contribution in [0.5, 0.6) is 0 Å². The SMILES string of the molecule is CN1CCN(c2ccc(C3CCC(=O)NC3=O)cc2Cl)CC1. The second-order valence-electron chi connectivity index (χ2n) is 6.00. The Balaban J connectivity index is 1.77. The largest absolute Gasteiger partial charge is 0.368 e. The molecule has 2 fully saturated rings. The van der Waals surface area contributed by atoms with Crippen LogP contribution in [0.3, 0.4) is 0 Å². The van der Waals surface area contributed by atoms with Crippen molar-refractivity contribution >= 4 is 29.1 Å². The molecule has 0 radical (unpaired) electrons. The van der Waals surface area contributed by atoms with E-state index in [0.29, 0.717) is 17.9 Å². The highest BCUT2D eigenvalue weighted by atomic mass is 35.5. The topological polar surface area (TPSA) is 52.6 Å². The standard InChI is InChI=1S/C16H20ClN3O2/c1-19-6-8-20(9-7-19)14-4-2-11(10-13(14)17)12-3-5-15(21)18-16(12)22/h2,4,10,12H,3,5-9H2,1H3,(H,18,21,22). The average molecular weight is 322 g/mol. The van der Waals surface area contributed by atoms with Crippen molar-refractivity contribution < 1.29 is 9.59 Å². The molecule has 2 saturated heterocycles. The number of carbonyl (C=O) groups excluding carboxylic acids is 2. The first-order valence-corrected chi connectivity index (χ1v) is 7.99. The number of carbonyl (C=O) groups is 2. The second kappa shape index (κ2) is 6.26. The van der Waals surface area contributed by atoms with Crippen LogP contribution in [-0.4, -0.2) is 49.9 Å². The maximum atomic E-state index is 11.9. The van der Waals surface area contributed by atoms with Gasteiger partial charge in [0.05, 0.1) is 16.6 Å². The number of halogens is 1. The number of imide groups is 1. The highest BCUT2D eigenvalue weighted by Gasteiger charge is 2.28. The second-order valence-corrected chi connectivity index (χ2v) is 6.41. The van der Waals surface area contributed by atoms with Gasteiger partial charge >= 0.3 is 0 Å². The summed E-state index contributed by atoms with van der Waals surface area (Å²) >= 11 is 6.44. The highest BCUT2D eigenvalue weighted by molar-refractivity contribution is 6.33. The fraction of sp³-hybridized carbons (Fsp3) is 0.500. The summed E-state index contributed by atoms with van der Waals surface area (Å²) in [6, 6.07) is 5.82. The van der Waals surface area contributed by atoms with Crippen LogP contribution in [0, 0.1) is 0 Å². The van der Waals surface area contributed by atoms with Crippen molar-refractivity contribution in [3.05, 3.63) is 28.8 Å². The van der Waals surface area contributed by atoms with Crippen molar-refractivity contribution in [2.75, 3.05) is 38.1 Å². The van der Waals surface area contributed by atoms with E-state index >= 15 is 0 Å². The van der Waals surface area contributed by atoms with Crippen molar-refractivity contribution in [2.45, 2.75) is 18.8 Å². The summed E-state index contributed by atoms with van der Waals surface area (Å²) < 4.78 is 0. The Hall–Kier alpha value is -1.59. The third-order valence-electron chi connectivity index (χ3n) is 4.46. The predicted octanol–water partition coefficient (Wildman–Crippen LogP) is 1.61. The van der Waals surface area contributed by atoms with Gasteiger partial charge in [0, 0.05) is 32.6 Å². The Kier molecular flexibility index (Phi) is 4.36. The predicted molar refractivity (Wildman–Crippen MR) is 86.3 cm³/mol. The molecule has 5 nitrogen and oxygen atoms in total. The van der Waals surface area contributed by atoms with Gasteiger partial charge in [-0.05, 0) is 31.2 Å². The zero-order chi connectivity index (χ0) is 15.7. The lowest BCUT2D eigenvalue weighted by Crippen LogP contribution is -2.44. The first-order chi connectivity index (χ1) is 10.5. The van der Waals surface area contributed by atoms with Crippen LogP contribution in [0.15, 0.2) is 18.2 Å². The molecular formula is C16H20ClN3O2. The summed E-state index contributed by atoms with van der Waals surface area (Å²) in [5.41, 5.74) is 1.90. The summed E-state index contributed by atoms with van der Waals surface area (Å²) in [5, 5.41) is 3.07. The Labute approximate surface area is 135 Å². The van der Waals surface area contributed by atoms with Crippen molar-refractivity contribution in [1.29, 1.82) is 0 Å². The zero-order valence-electron chi connectivity index (χ0n) is 12.6. The first-order valence-electron chi connectivity index (χ1n) is 7.61. The lowest BCUT2D eigenvalue weighted by Gasteiger charge is -2.34. The molecule has 1 aromatic rings. The van der Waals surface area contributed by atoms with Gasteiger partial charge in [0.25, 0.3) is 0 Å². The van der Waals surface area contributed by atoms with E-state index < -0.39 is 0 Å². The lowest BCUT2D eigenvalue weighted by atomic mass is 9.90.